The zero-order valence-electron chi connectivity index (χ0n) is 3.54. The van der Waals surface area contributed by atoms with Crippen LogP contribution in [-0.4, -0.2) is 12.0 Å². The third kappa shape index (κ3) is 2.02. The minimum atomic E-state index is -4.60. The number of halogens is 4. The highest BCUT2D eigenvalue weighted by molar-refractivity contribution is 6.20. The van der Waals surface area contributed by atoms with Crippen LogP contribution in [0.25, 0.3) is 0 Å². The SMILES string of the molecule is N/C(=N/Cl)C(F)(F)F. The van der Waals surface area contributed by atoms with Gasteiger partial charge in [0.1, 0.15) is 0 Å². The number of alkyl halides is 3. The van der Waals surface area contributed by atoms with Gasteiger partial charge in [0, 0.05) is 11.8 Å². The highest BCUT2D eigenvalue weighted by Crippen LogP contribution is 2.14. The molecule has 6 heteroatoms. The fourth-order valence-electron chi connectivity index (χ4n) is 0.0479. The van der Waals surface area contributed by atoms with Gasteiger partial charge in [0.25, 0.3) is 0 Å². The number of rotatable bonds is 0. The molecule has 0 aromatic rings. The molecule has 0 aromatic heterocycles. The van der Waals surface area contributed by atoms with E-state index in [0.717, 1.165) is 0 Å². The van der Waals surface area contributed by atoms with Gasteiger partial charge in [-0.1, -0.05) is 0 Å². The lowest BCUT2D eigenvalue weighted by Gasteiger charge is -2.00. The molecule has 0 amide bonds. The molecule has 0 aliphatic rings. The number of nitrogens with two attached hydrogens (primary N) is 1. The lowest BCUT2D eigenvalue weighted by Crippen LogP contribution is -2.30. The highest BCUT2D eigenvalue weighted by atomic mass is 35.5. The first-order chi connectivity index (χ1) is 3.48. The first kappa shape index (κ1) is 7.55. The van der Waals surface area contributed by atoms with E-state index < -0.39 is 12.0 Å². The monoisotopic (exact) mass is 146 g/mol. The normalized spacial score (nSPS) is 14.2. The molecule has 0 spiro atoms. The molecule has 0 heterocycles. The molecule has 0 rings (SSSR count). The third-order valence-corrected chi connectivity index (χ3v) is 0.564. The standard InChI is InChI=1S/C2H2ClF3N2/c3-8-1(7)2(4,5)6/h(H2,7,8). The van der Waals surface area contributed by atoms with E-state index in [0.29, 0.717) is 0 Å². The van der Waals surface area contributed by atoms with Crippen LogP contribution >= 0.6 is 11.8 Å². The van der Waals surface area contributed by atoms with Crippen LogP contribution in [0.2, 0.25) is 0 Å². The van der Waals surface area contributed by atoms with Crippen LogP contribution in [0.3, 0.4) is 0 Å². The second-order valence-corrected chi connectivity index (χ2v) is 1.14. The summed E-state index contributed by atoms with van der Waals surface area (Å²) in [6.07, 6.45) is -4.60. The molecule has 0 aliphatic heterocycles. The van der Waals surface area contributed by atoms with Crippen molar-refractivity contribution in [3.05, 3.63) is 0 Å². The molecule has 2 N–H and O–H groups in total. The Morgan fingerprint density at radius 2 is 1.88 bits per heavy atom. The van der Waals surface area contributed by atoms with E-state index in [1.165, 1.54) is 0 Å². The van der Waals surface area contributed by atoms with Gasteiger partial charge >= 0.3 is 6.18 Å². The van der Waals surface area contributed by atoms with Crippen molar-refractivity contribution in [2.45, 2.75) is 6.18 Å². The fourth-order valence-corrected chi connectivity index (χ4v) is 0.144. The largest absolute Gasteiger partial charge is 0.450 e. The number of hydrogen-bond donors (Lipinski definition) is 1. The van der Waals surface area contributed by atoms with Gasteiger partial charge in [0.2, 0.25) is 5.84 Å². The Morgan fingerprint density at radius 3 is 1.88 bits per heavy atom. The van der Waals surface area contributed by atoms with Crippen LogP contribution in [-0.2, 0) is 0 Å². The minimum Gasteiger partial charge on any atom is -0.379 e. The van der Waals surface area contributed by atoms with Gasteiger partial charge in [-0.3, -0.25) is 0 Å². The summed E-state index contributed by atoms with van der Waals surface area (Å²) in [5.74, 6) is -1.53. The van der Waals surface area contributed by atoms with E-state index in [1.807, 2.05) is 0 Å². The van der Waals surface area contributed by atoms with Crippen LogP contribution < -0.4 is 5.73 Å². The quantitative estimate of drug-likeness (QED) is 0.403. The summed E-state index contributed by atoms with van der Waals surface area (Å²) < 4.78 is 35.5. The van der Waals surface area contributed by atoms with E-state index in [4.69, 9.17) is 0 Å². The summed E-state index contributed by atoms with van der Waals surface area (Å²) in [7, 11) is 0. The summed E-state index contributed by atoms with van der Waals surface area (Å²) in [6.45, 7) is 0. The first-order valence-corrected chi connectivity index (χ1v) is 1.84. The molecule has 0 aromatic carbocycles. The van der Waals surface area contributed by atoms with Gasteiger partial charge in [-0.2, -0.15) is 17.7 Å². The van der Waals surface area contributed by atoms with E-state index in [9.17, 15) is 13.2 Å². The zero-order chi connectivity index (χ0) is 6.78. The van der Waals surface area contributed by atoms with E-state index in [-0.39, 0.29) is 0 Å². The van der Waals surface area contributed by atoms with Crippen molar-refractivity contribution in [2.24, 2.45) is 10.2 Å². The molecule has 0 unspecified atom stereocenters. The average molecular weight is 146 g/mol. The second kappa shape index (κ2) is 2.21. The summed E-state index contributed by atoms with van der Waals surface area (Å²) in [5, 5.41) is 0. The predicted molar refractivity (Wildman–Crippen MR) is 23.5 cm³/mol. The lowest BCUT2D eigenvalue weighted by molar-refractivity contribution is -0.0596. The molecular weight excluding hydrogens is 144 g/mol. The first-order valence-electron chi connectivity index (χ1n) is 1.50. The molecule has 0 aliphatic carbocycles. The van der Waals surface area contributed by atoms with E-state index in [1.54, 1.807) is 0 Å². The molecule has 0 atom stereocenters. The van der Waals surface area contributed by atoms with Gasteiger partial charge < -0.3 is 5.73 Å². The van der Waals surface area contributed by atoms with E-state index >= 15 is 0 Å². The zero-order valence-corrected chi connectivity index (χ0v) is 4.29. The summed E-state index contributed by atoms with van der Waals surface area (Å²) >= 11 is 4.38. The molecule has 0 fully saturated rings. The Balaban J connectivity index is 4.03. The molecule has 2 nitrogen and oxygen atoms in total. The maximum Gasteiger partial charge on any atom is 0.450 e. The van der Waals surface area contributed by atoms with Crippen LogP contribution in [0.4, 0.5) is 13.2 Å². The van der Waals surface area contributed by atoms with Crippen molar-refractivity contribution >= 4 is 17.6 Å². The minimum absolute atomic E-state index is 1.53. The van der Waals surface area contributed by atoms with Crippen LogP contribution in [0.1, 0.15) is 0 Å². The van der Waals surface area contributed by atoms with Crippen molar-refractivity contribution in [3.63, 3.8) is 0 Å². The van der Waals surface area contributed by atoms with E-state index in [2.05, 4.69) is 22.0 Å². The Bertz CT molecular complexity index is 106. The number of hydrogen-bond acceptors (Lipinski definition) is 1. The molecule has 0 radical (unpaired) electrons. The second-order valence-electron chi connectivity index (χ2n) is 0.968. The van der Waals surface area contributed by atoms with Gasteiger partial charge in [-0.05, 0) is 0 Å². The van der Waals surface area contributed by atoms with Crippen LogP contribution in [0.15, 0.2) is 4.51 Å². The number of nitrogens with zero attached hydrogens (tertiary/aromatic N) is 1. The van der Waals surface area contributed by atoms with Gasteiger partial charge in [0.05, 0.1) is 0 Å². The average Bonchev–Trinajstić information content (AvgIpc) is 1.62. The fraction of sp³-hybridized carbons (Fsp3) is 0.500. The maximum absolute atomic E-state index is 11.1. The van der Waals surface area contributed by atoms with Gasteiger partial charge in [0.15, 0.2) is 0 Å². The predicted octanol–water partition coefficient (Wildman–Crippen LogP) is 1.06. The Labute approximate surface area is 48.3 Å². The van der Waals surface area contributed by atoms with Crippen LogP contribution in [0.5, 0.6) is 0 Å². The maximum atomic E-state index is 11.1. The van der Waals surface area contributed by atoms with Crippen LogP contribution in [0, 0.1) is 0 Å². The lowest BCUT2D eigenvalue weighted by atomic mass is 10.6. The third-order valence-electron chi connectivity index (χ3n) is 0.381. The summed E-state index contributed by atoms with van der Waals surface area (Å²) in [5.41, 5.74) is 4.24. The van der Waals surface area contributed by atoms with Gasteiger partial charge in [-0.15, -0.1) is 0 Å². The van der Waals surface area contributed by atoms with Crippen molar-refractivity contribution in [1.82, 2.24) is 0 Å². The Morgan fingerprint density at radius 1 is 1.50 bits per heavy atom. The Hall–Kier alpha value is -0.450. The van der Waals surface area contributed by atoms with Crippen molar-refractivity contribution in [3.8, 4) is 0 Å². The Kier molecular flexibility index (Phi) is 2.09. The molecular formula is C2H2ClF3N2. The van der Waals surface area contributed by atoms with Gasteiger partial charge in [-0.25, -0.2) is 0 Å². The molecule has 8 heavy (non-hydrogen) atoms. The highest BCUT2D eigenvalue weighted by Gasteiger charge is 2.33. The number of amidine groups is 1. The van der Waals surface area contributed by atoms with Crippen molar-refractivity contribution in [2.75, 3.05) is 0 Å². The topological polar surface area (TPSA) is 38.4 Å². The molecule has 48 valence electrons. The molecule has 0 bridgehead atoms. The molecule has 0 saturated heterocycles. The van der Waals surface area contributed by atoms with Crippen molar-refractivity contribution < 1.29 is 13.2 Å². The summed E-state index contributed by atoms with van der Waals surface area (Å²) in [6, 6.07) is 0. The van der Waals surface area contributed by atoms with Crippen molar-refractivity contribution in [1.29, 1.82) is 0 Å². The smallest absolute Gasteiger partial charge is 0.379 e. The summed E-state index contributed by atoms with van der Waals surface area (Å²) in [4.78, 5) is 0. The molecule has 0 saturated carbocycles.